The quantitative estimate of drug-likeness (QED) is 0.403. The lowest BCUT2D eigenvalue weighted by molar-refractivity contribution is 0.141. The first-order valence-corrected chi connectivity index (χ1v) is 8.91. The van der Waals surface area contributed by atoms with E-state index in [1.165, 1.54) is 31.5 Å². The second-order valence-electron chi connectivity index (χ2n) is 6.71. The maximum atomic E-state index is 4.34. The van der Waals surface area contributed by atoms with Gasteiger partial charge in [-0.05, 0) is 51.1 Å². The Labute approximate surface area is 164 Å². The van der Waals surface area contributed by atoms with Crippen LogP contribution in [0.4, 0.5) is 0 Å². The highest BCUT2D eigenvalue weighted by molar-refractivity contribution is 14.0. The van der Waals surface area contributed by atoms with Gasteiger partial charge < -0.3 is 15.5 Å². The summed E-state index contributed by atoms with van der Waals surface area (Å²) in [7, 11) is 1.85. The molecule has 1 aliphatic rings. The zero-order valence-electron chi connectivity index (χ0n) is 15.3. The molecule has 1 saturated heterocycles. The largest absolute Gasteiger partial charge is 0.356 e. The Balaban J connectivity index is 0.00000288. The number of likely N-dealkylation sites (tertiary alicyclic amines) is 1. The summed E-state index contributed by atoms with van der Waals surface area (Å²) in [6.07, 6.45) is 3.65. The molecule has 0 bridgehead atoms. The molecule has 1 aliphatic heterocycles. The van der Waals surface area contributed by atoms with Crippen LogP contribution in [0.2, 0.25) is 0 Å². The highest BCUT2D eigenvalue weighted by Crippen LogP contribution is 2.17. The summed E-state index contributed by atoms with van der Waals surface area (Å²) in [5.41, 5.74) is 1.36. The number of nitrogens with zero attached hydrogens (tertiary/aromatic N) is 2. The Bertz CT molecular complexity index is 476. The van der Waals surface area contributed by atoms with E-state index < -0.39 is 0 Å². The molecular formula is C19H33IN4. The lowest BCUT2D eigenvalue weighted by atomic mass is 9.97. The molecular weight excluding hydrogens is 411 g/mol. The topological polar surface area (TPSA) is 39.7 Å². The van der Waals surface area contributed by atoms with Gasteiger partial charge in [-0.15, -0.1) is 24.0 Å². The lowest BCUT2D eigenvalue weighted by Crippen LogP contribution is -2.46. The number of hydrogen-bond acceptors (Lipinski definition) is 2. The fraction of sp³-hybridized carbons (Fsp3) is 0.632. The van der Waals surface area contributed by atoms with Gasteiger partial charge in [-0.3, -0.25) is 4.99 Å². The predicted molar refractivity (Wildman–Crippen MR) is 114 cm³/mol. The zero-order valence-corrected chi connectivity index (χ0v) is 17.6. The van der Waals surface area contributed by atoms with Crippen LogP contribution in [0.3, 0.4) is 0 Å². The van der Waals surface area contributed by atoms with Crippen LogP contribution in [-0.2, 0) is 6.42 Å². The average Bonchev–Trinajstić information content (AvgIpc) is 2.59. The third-order valence-corrected chi connectivity index (χ3v) is 4.61. The summed E-state index contributed by atoms with van der Waals surface area (Å²) in [5, 5.41) is 6.91. The number of piperidine rings is 1. The van der Waals surface area contributed by atoms with Crippen molar-refractivity contribution in [2.45, 2.75) is 39.2 Å². The van der Waals surface area contributed by atoms with E-state index in [1.54, 1.807) is 0 Å². The van der Waals surface area contributed by atoms with Gasteiger partial charge in [0.25, 0.3) is 0 Å². The summed E-state index contributed by atoms with van der Waals surface area (Å²) in [4.78, 5) is 6.92. The number of benzene rings is 1. The molecule has 1 aromatic carbocycles. The Kier molecular flexibility index (Phi) is 10.3. The van der Waals surface area contributed by atoms with Gasteiger partial charge in [0.05, 0.1) is 0 Å². The second kappa shape index (κ2) is 11.7. The minimum absolute atomic E-state index is 0. The number of aliphatic imine (C=N–C) groups is 1. The summed E-state index contributed by atoms with van der Waals surface area (Å²) in [6, 6.07) is 11.2. The van der Waals surface area contributed by atoms with Crippen LogP contribution in [-0.4, -0.2) is 50.1 Å². The molecule has 2 N–H and O–H groups in total. The molecule has 2 rings (SSSR count). The molecule has 0 spiro atoms. The van der Waals surface area contributed by atoms with E-state index in [-0.39, 0.29) is 24.0 Å². The van der Waals surface area contributed by atoms with E-state index in [9.17, 15) is 0 Å². The van der Waals surface area contributed by atoms with Crippen molar-refractivity contribution in [2.75, 3.05) is 33.2 Å². The Morgan fingerprint density at radius 1 is 1.25 bits per heavy atom. The van der Waals surface area contributed by atoms with Crippen LogP contribution in [0.25, 0.3) is 0 Å². The number of nitrogens with one attached hydrogen (secondary N) is 2. The van der Waals surface area contributed by atoms with E-state index >= 15 is 0 Å². The second-order valence-corrected chi connectivity index (χ2v) is 6.71. The molecule has 1 unspecified atom stereocenters. The Morgan fingerprint density at radius 3 is 2.67 bits per heavy atom. The third-order valence-electron chi connectivity index (χ3n) is 4.61. The van der Waals surface area contributed by atoms with Gasteiger partial charge in [0, 0.05) is 32.7 Å². The predicted octanol–water partition coefficient (Wildman–Crippen LogP) is 3.13. The normalized spacial score (nSPS) is 19.0. The number of halogens is 1. The molecule has 0 amide bonds. The molecule has 1 aromatic rings. The Morgan fingerprint density at radius 2 is 2.00 bits per heavy atom. The summed E-state index contributed by atoms with van der Waals surface area (Å²) in [6.45, 7) is 8.95. The standard InChI is InChI=1S/C19H32N4.HI/c1-16(2)23-13-7-10-18(15-23)14-22-19(20-3)21-12-11-17-8-5-4-6-9-17;/h4-6,8-9,16,18H,7,10-15H2,1-3H3,(H2,20,21,22);1H. The summed E-state index contributed by atoms with van der Waals surface area (Å²) >= 11 is 0. The molecule has 0 saturated carbocycles. The molecule has 5 heteroatoms. The van der Waals surface area contributed by atoms with E-state index in [0.29, 0.717) is 6.04 Å². The lowest BCUT2D eigenvalue weighted by Gasteiger charge is -2.35. The van der Waals surface area contributed by atoms with Crippen LogP contribution < -0.4 is 10.6 Å². The molecule has 1 fully saturated rings. The van der Waals surface area contributed by atoms with Crippen molar-refractivity contribution < 1.29 is 0 Å². The van der Waals surface area contributed by atoms with Gasteiger partial charge in [0.1, 0.15) is 0 Å². The minimum atomic E-state index is 0. The molecule has 4 nitrogen and oxygen atoms in total. The van der Waals surface area contributed by atoms with Crippen molar-refractivity contribution >= 4 is 29.9 Å². The molecule has 1 atom stereocenters. The van der Waals surface area contributed by atoms with Crippen molar-refractivity contribution in [3.8, 4) is 0 Å². The van der Waals surface area contributed by atoms with Crippen molar-refractivity contribution in [1.82, 2.24) is 15.5 Å². The molecule has 0 radical (unpaired) electrons. The minimum Gasteiger partial charge on any atom is -0.356 e. The number of rotatable bonds is 6. The zero-order chi connectivity index (χ0) is 16.5. The van der Waals surface area contributed by atoms with Crippen molar-refractivity contribution in [2.24, 2.45) is 10.9 Å². The first-order chi connectivity index (χ1) is 11.2. The average molecular weight is 444 g/mol. The van der Waals surface area contributed by atoms with E-state index in [1.807, 2.05) is 7.05 Å². The van der Waals surface area contributed by atoms with Crippen LogP contribution >= 0.6 is 24.0 Å². The van der Waals surface area contributed by atoms with E-state index in [2.05, 4.69) is 64.7 Å². The molecule has 0 aromatic heterocycles. The van der Waals surface area contributed by atoms with Crippen molar-refractivity contribution in [1.29, 1.82) is 0 Å². The first-order valence-electron chi connectivity index (χ1n) is 8.91. The van der Waals surface area contributed by atoms with E-state index in [4.69, 9.17) is 0 Å². The molecule has 1 heterocycles. The molecule has 136 valence electrons. The van der Waals surface area contributed by atoms with Gasteiger partial charge in [0.15, 0.2) is 5.96 Å². The summed E-state index contributed by atoms with van der Waals surface area (Å²) < 4.78 is 0. The maximum absolute atomic E-state index is 4.34. The van der Waals surface area contributed by atoms with Crippen molar-refractivity contribution in [3.63, 3.8) is 0 Å². The fourth-order valence-corrected chi connectivity index (χ4v) is 3.16. The SMILES string of the molecule is CN=C(NCCc1ccccc1)NCC1CCCN(C(C)C)C1.I. The molecule has 24 heavy (non-hydrogen) atoms. The fourth-order valence-electron chi connectivity index (χ4n) is 3.16. The van der Waals surface area contributed by atoms with Crippen LogP contribution in [0, 0.1) is 5.92 Å². The maximum Gasteiger partial charge on any atom is 0.190 e. The van der Waals surface area contributed by atoms with Crippen LogP contribution in [0.15, 0.2) is 35.3 Å². The number of hydrogen-bond donors (Lipinski definition) is 2. The van der Waals surface area contributed by atoms with Gasteiger partial charge in [-0.2, -0.15) is 0 Å². The van der Waals surface area contributed by atoms with Crippen LogP contribution in [0.5, 0.6) is 0 Å². The summed E-state index contributed by atoms with van der Waals surface area (Å²) in [5.74, 6) is 1.64. The highest BCUT2D eigenvalue weighted by Gasteiger charge is 2.21. The van der Waals surface area contributed by atoms with Crippen molar-refractivity contribution in [3.05, 3.63) is 35.9 Å². The monoisotopic (exact) mass is 444 g/mol. The third kappa shape index (κ3) is 7.38. The number of guanidine groups is 1. The van der Waals surface area contributed by atoms with Gasteiger partial charge in [0.2, 0.25) is 0 Å². The van der Waals surface area contributed by atoms with Gasteiger partial charge in [-0.25, -0.2) is 0 Å². The van der Waals surface area contributed by atoms with Gasteiger partial charge >= 0.3 is 0 Å². The molecule has 0 aliphatic carbocycles. The first kappa shape index (κ1) is 21.2. The van der Waals surface area contributed by atoms with Crippen LogP contribution in [0.1, 0.15) is 32.3 Å². The van der Waals surface area contributed by atoms with E-state index in [0.717, 1.165) is 31.4 Å². The van der Waals surface area contributed by atoms with Gasteiger partial charge in [-0.1, -0.05) is 30.3 Å². The highest BCUT2D eigenvalue weighted by atomic mass is 127. The smallest absolute Gasteiger partial charge is 0.190 e. The Hall–Kier alpha value is -0.820.